The molecule has 0 atom stereocenters. The zero-order valence-electron chi connectivity index (χ0n) is 18.2. The Bertz CT molecular complexity index is 1250. The Balaban J connectivity index is 1.71. The molecule has 162 valence electrons. The van der Waals surface area contributed by atoms with Gasteiger partial charge in [-0.25, -0.2) is 9.07 Å². The maximum atomic E-state index is 13.2. The van der Waals surface area contributed by atoms with Crippen LogP contribution in [0, 0.1) is 19.7 Å². The van der Waals surface area contributed by atoms with Crippen molar-refractivity contribution in [1.29, 1.82) is 0 Å². The van der Waals surface area contributed by atoms with Gasteiger partial charge in [0.15, 0.2) is 0 Å². The molecule has 5 nitrogen and oxygen atoms in total. The normalized spacial score (nSPS) is 10.8. The van der Waals surface area contributed by atoms with Gasteiger partial charge in [-0.1, -0.05) is 24.3 Å². The quantitative estimate of drug-likeness (QED) is 0.456. The summed E-state index contributed by atoms with van der Waals surface area (Å²) in [7, 11) is 1.62. The van der Waals surface area contributed by atoms with Crippen molar-refractivity contribution in [2.45, 2.75) is 20.4 Å². The molecule has 0 unspecified atom stereocenters. The third kappa shape index (κ3) is 4.54. The zero-order chi connectivity index (χ0) is 22.7. The first-order valence-corrected chi connectivity index (χ1v) is 10.3. The molecule has 0 radical (unpaired) electrons. The maximum absolute atomic E-state index is 13.2. The minimum absolute atomic E-state index is 0.262. The lowest BCUT2D eigenvalue weighted by Gasteiger charge is -2.11. The van der Waals surface area contributed by atoms with Crippen LogP contribution in [0.2, 0.25) is 0 Å². The molecule has 6 heteroatoms. The van der Waals surface area contributed by atoms with Crippen LogP contribution in [0.1, 0.15) is 27.2 Å². The molecule has 1 heterocycles. The minimum atomic E-state index is -0.308. The van der Waals surface area contributed by atoms with Gasteiger partial charge in [0.25, 0.3) is 5.91 Å². The van der Waals surface area contributed by atoms with Gasteiger partial charge in [-0.15, -0.1) is 0 Å². The van der Waals surface area contributed by atoms with E-state index in [4.69, 9.17) is 9.84 Å². The molecule has 0 aliphatic heterocycles. The average Bonchev–Trinajstić information content (AvgIpc) is 3.25. The first-order valence-electron chi connectivity index (χ1n) is 10.3. The number of nitrogens with zero attached hydrogens (tertiary/aromatic N) is 2. The van der Waals surface area contributed by atoms with E-state index in [0.29, 0.717) is 11.4 Å². The summed E-state index contributed by atoms with van der Waals surface area (Å²) in [6.45, 7) is 4.28. The fourth-order valence-corrected chi connectivity index (χ4v) is 3.45. The number of ether oxygens (including phenoxy) is 1. The molecule has 4 aromatic rings. The standard InChI is InChI=1S/C26H24FN3O2/c1-17-4-5-18(2)24(14-17)30-25(26(31)28-16-19-6-10-21(27)11-7-19)15-23(29-30)20-8-12-22(32-3)13-9-20/h4-15H,16H2,1-3H3,(H,28,31). The molecule has 0 aliphatic rings. The highest BCUT2D eigenvalue weighted by Gasteiger charge is 2.19. The van der Waals surface area contributed by atoms with E-state index in [1.807, 2.05) is 56.3 Å². The van der Waals surface area contributed by atoms with E-state index in [0.717, 1.165) is 33.7 Å². The molecule has 0 spiro atoms. The van der Waals surface area contributed by atoms with E-state index in [2.05, 4.69) is 5.32 Å². The van der Waals surface area contributed by atoms with Crippen LogP contribution in [0.5, 0.6) is 5.75 Å². The number of aromatic nitrogens is 2. The number of carbonyl (C=O) groups excluding carboxylic acids is 1. The van der Waals surface area contributed by atoms with Crippen molar-refractivity contribution >= 4 is 5.91 Å². The first kappa shape index (κ1) is 21.3. The van der Waals surface area contributed by atoms with Crippen molar-refractivity contribution in [3.63, 3.8) is 0 Å². The summed E-state index contributed by atoms with van der Waals surface area (Å²) in [5, 5.41) is 7.68. The Labute approximate surface area is 186 Å². The summed E-state index contributed by atoms with van der Waals surface area (Å²) in [6, 6.07) is 21.4. The predicted octanol–water partition coefficient (Wildman–Crippen LogP) is 5.23. The Hall–Kier alpha value is -3.93. The van der Waals surface area contributed by atoms with Crippen LogP contribution in [-0.4, -0.2) is 22.8 Å². The molecule has 32 heavy (non-hydrogen) atoms. The van der Waals surface area contributed by atoms with Gasteiger partial charge in [0.1, 0.15) is 17.3 Å². The van der Waals surface area contributed by atoms with Gasteiger partial charge in [-0.3, -0.25) is 4.79 Å². The van der Waals surface area contributed by atoms with Crippen LogP contribution >= 0.6 is 0 Å². The van der Waals surface area contributed by atoms with Crippen molar-refractivity contribution in [3.05, 3.63) is 101 Å². The Morgan fingerprint density at radius 2 is 1.72 bits per heavy atom. The predicted molar refractivity (Wildman–Crippen MR) is 123 cm³/mol. The molecule has 1 N–H and O–H groups in total. The van der Waals surface area contributed by atoms with E-state index in [1.165, 1.54) is 12.1 Å². The van der Waals surface area contributed by atoms with E-state index >= 15 is 0 Å². The van der Waals surface area contributed by atoms with E-state index in [-0.39, 0.29) is 18.3 Å². The first-order chi connectivity index (χ1) is 15.4. The third-order valence-electron chi connectivity index (χ3n) is 5.29. The lowest BCUT2D eigenvalue weighted by molar-refractivity contribution is 0.0943. The van der Waals surface area contributed by atoms with Crippen molar-refractivity contribution in [2.75, 3.05) is 7.11 Å². The van der Waals surface area contributed by atoms with Gasteiger partial charge in [0.2, 0.25) is 0 Å². The number of amides is 1. The number of carbonyl (C=O) groups is 1. The van der Waals surface area contributed by atoms with Crippen LogP contribution in [-0.2, 0) is 6.54 Å². The molecule has 0 bridgehead atoms. The molecule has 4 rings (SSSR count). The molecule has 1 aromatic heterocycles. The number of halogens is 1. The third-order valence-corrected chi connectivity index (χ3v) is 5.29. The SMILES string of the molecule is COc1ccc(-c2cc(C(=O)NCc3ccc(F)cc3)n(-c3cc(C)ccc3C)n2)cc1. The Morgan fingerprint density at radius 1 is 1.00 bits per heavy atom. The Kier molecular flexibility index (Phi) is 6.03. The number of aryl methyl sites for hydroxylation is 2. The lowest BCUT2D eigenvalue weighted by Crippen LogP contribution is -2.25. The van der Waals surface area contributed by atoms with Gasteiger partial charge >= 0.3 is 0 Å². The highest BCUT2D eigenvalue weighted by molar-refractivity contribution is 5.94. The van der Waals surface area contributed by atoms with Gasteiger partial charge in [-0.2, -0.15) is 5.10 Å². The van der Waals surface area contributed by atoms with E-state index in [1.54, 1.807) is 30.0 Å². The number of hydrogen-bond donors (Lipinski definition) is 1. The minimum Gasteiger partial charge on any atom is -0.497 e. The summed E-state index contributed by atoms with van der Waals surface area (Å²) >= 11 is 0. The summed E-state index contributed by atoms with van der Waals surface area (Å²) in [6.07, 6.45) is 0. The fourth-order valence-electron chi connectivity index (χ4n) is 3.45. The second-order valence-corrected chi connectivity index (χ2v) is 7.65. The van der Waals surface area contributed by atoms with Crippen molar-refractivity contribution < 1.29 is 13.9 Å². The van der Waals surface area contributed by atoms with Gasteiger partial charge in [0.05, 0.1) is 18.5 Å². The fraction of sp³-hybridized carbons (Fsp3) is 0.154. The number of methoxy groups -OCH3 is 1. The molecular formula is C26H24FN3O2. The van der Waals surface area contributed by atoms with E-state index < -0.39 is 0 Å². The van der Waals surface area contributed by atoms with Crippen LogP contribution in [0.25, 0.3) is 16.9 Å². The number of hydrogen-bond acceptors (Lipinski definition) is 3. The molecule has 0 aliphatic carbocycles. The smallest absolute Gasteiger partial charge is 0.270 e. The highest BCUT2D eigenvalue weighted by Crippen LogP contribution is 2.25. The second-order valence-electron chi connectivity index (χ2n) is 7.65. The van der Waals surface area contributed by atoms with Crippen molar-refractivity contribution in [1.82, 2.24) is 15.1 Å². The van der Waals surface area contributed by atoms with Crippen LogP contribution in [0.15, 0.2) is 72.8 Å². The number of benzene rings is 3. The molecule has 3 aromatic carbocycles. The van der Waals surface area contributed by atoms with Crippen LogP contribution < -0.4 is 10.1 Å². The zero-order valence-corrected chi connectivity index (χ0v) is 18.2. The van der Waals surface area contributed by atoms with Gasteiger partial charge in [-0.05, 0) is 79.1 Å². The summed E-state index contributed by atoms with van der Waals surface area (Å²) in [5.41, 5.74) is 5.72. The number of nitrogens with one attached hydrogen (secondary N) is 1. The summed E-state index contributed by atoms with van der Waals surface area (Å²) in [5.74, 6) is 0.180. The van der Waals surface area contributed by atoms with Crippen LogP contribution in [0.4, 0.5) is 4.39 Å². The largest absolute Gasteiger partial charge is 0.497 e. The topological polar surface area (TPSA) is 56.1 Å². The molecule has 0 fully saturated rings. The highest BCUT2D eigenvalue weighted by atomic mass is 19.1. The monoisotopic (exact) mass is 429 g/mol. The molecular weight excluding hydrogens is 405 g/mol. The van der Waals surface area contributed by atoms with Crippen molar-refractivity contribution in [2.24, 2.45) is 0 Å². The Morgan fingerprint density at radius 3 is 2.41 bits per heavy atom. The van der Waals surface area contributed by atoms with Gasteiger partial charge in [0, 0.05) is 12.1 Å². The van der Waals surface area contributed by atoms with Crippen molar-refractivity contribution in [3.8, 4) is 22.7 Å². The van der Waals surface area contributed by atoms with Crippen LogP contribution in [0.3, 0.4) is 0 Å². The molecule has 0 saturated carbocycles. The summed E-state index contributed by atoms with van der Waals surface area (Å²) in [4.78, 5) is 13.2. The van der Waals surface area contributed by atoms with Gasteiger partial charge < -0.3 is 10.1 Å². The lowest BCUT2D eigenvalue weighted by atomic mass is 10.1. The average molecular weight is 429 g/mol. The number of rotatable bonds is 6. The molecule has 1 amide bonds. The summed E-state index contributed by atoms with van der Waals surface area (Å²) < 4.78 is 20.1. The molecule has 0 saturated heterocycles. The second kappa shape index (κ2) is 9.06. The van der Waals surface area contributed by atoms with E-state index in [9.17, 15) is 9.18 Å². The maximum Gasteiger partial charge on any atom is 0.270 e.